The fraction of sp³-hybridized carbons (Fsp3) is 0.739. The Hall–Kier alpha value is -1.11. The molecule has 1 rings (SSSR count). The van der Waals surface area contributed by atoms with E-state index >= 15 is 0 Å². The van der Waals surface area contributed by atoms with Crippen LogP contribution in [0.1, 0.15) is 83.1 Å². The van der Waals surface area contributed by atoms with Gasteiger partial charge < -0.3 is 9.47 Å². The molecule has 0 saturated carbocycles. The van der Waals surface area contributed by atoms with Crippen LogP contribution in [0, 0.1) is 0 Å². The molecule has 0 amide bonds. The Morgan fingerprint density at radius 2 is 1.45 bits per heavy atom. The van der Waals surface area contributed by atoms with Crippen molar-refractivity contribution in [2.75, 3.05) is 20.0 Å². The molecule has 0 aliphatic carbocycles. The minimum absolute atomic E-state index is 0.00315. The summed E-state index contributed by atoms with van der Waals surface area (Å²) in [4.78, 5) is 0. The lowest BCUT2D eigenvalue weighted by atomic mass is 10.0. The smallest absolute Gasteiger partial charge is 0.264 e. The van der Waals surface area contributed by atoms with E-state index in [1.807, 2.05) is 24.3 Å². The molecule has 29 heavy (non-hydrogen) atoms. The van der Waals surface area contributed by atoms with Crippen LogP contribution in [-0.2, 0) is 25.6 Å². The molecule has 0 aromatic heterocycles. The van der Waals surface area contributed by atoms with E-state index < -0.39 is 10.1 Å². The highest BCUT2D eigenvalue weighted by Crippen LogP contribution is 2.17. The Labute approximate surface area is 178 Å². The molecule has 0 bridgehead atoms. The van der Waals surface area contributed by atoms with E-state index in [-0.39, 0.29) is 12.7 Å². The molecular formula is C23H40O5S. The van der Waals surface area contributed by atoms with Gasteiger partial charge in [-0.15, -0.1) is 0 Å². The van der Waals surface area contributed by atoms with E-state index in [0.717, 1.165) is 30.4 Å². The molecule has 1 unspecified atom stereocenters. The fourth-order valence-electron chi connectivity index (χ4n) is 3.26. The maximum absolute atomic E-state index is 11.2. The van der Waals surface area contributed by atoms with Crippen LogP contribution in [0.2, 0.25) is 0 Å². The molecule has 0 saturated heterocycles. The molecular weight excluding hydrogens is 388 g/mol. The van der Waals surface area contributed by atoms with E-state index in [1.165, 1.54) is 51.4 Å². The number of hydrogen-bond acceptors (Lipinski definition) is 5. The van der Waals surface area contributed by atoms with Gasteiger partial charge in [0.25, 0.3) is 10.1 Å². The molecule has 0 spiro atoms. The van der Waals surface area contributed by atoms with Gasteiger partial charge in [-0.25, -0.2) is 0 Å². The van der Waals surface area contributed by atoms with Gasteiger partial charge in [-0.3, -0.25) is 4.18 Å². The third-order valence-corrected chi connectivity index (χ3v) is 5.61. The van der Waals surface area contributed by atoms with Crippen molar-refractivity contribution >= 4 is 10.1 Å². The number of benzene rings is 1. The summed E-state index contributed by atoms with van der Waals surface area (Å²) in [5.41, 5.74) is 1.08. The van der Waals surface area contributed by atoms with Crippen molar-refractivity contribution in [1.82, 2.24) is 0 Å². The molecule has 0 fully saturated rings. The number of hydrogen-bond donors (Lipinski definition) is 0. The Bertz CT molecular complexity index is 613. The second-order valence-corrected chi connectivity index (χ2v) is 9.36. The molecule has 0 radical (unpaired) electrons. The van der Waals surface area contributed by atoms with Gasteiger partial charge in [0.15, 0.2) is 0 Å². The van der Waals surface area contributed by atoms with Gasteiger partial charge in [0.05, 0.1) is 32.7 Å². The van der Waals surface area contributed by atoms with Gasteiger partial charge in [0.2, 0.25) is 0 Å². The van der Waals surface area contributed by atoms with Crippen molar-refractivity contribution < 1.29 is 22.1 Å². The monoisotopic (exact) mass is 428 g/mol. The summed E-state index contributed by atoms with van der Waals surface area (Å²) in [5, 5.41) is 0. The second kappa shape index (κ2) is 15.7. The van der Waals surface area contributed by atoms with Crippen LogP contribution < -0.4 is 4.74 Å². The molecule has 0 N–H and O–H groups in total. The predicted octanol–water partition coefficient (Wildman–Crippen LogP) is 5.87. The molecule has 0 aliphatic heterocycles. The van der Waals surface area contributed by atoms with Crippen LogP contribution in [0.5, 0.6) is 5.75 Å². The lowest BCUT2D eigenvalue weighted by Crippen LogP contribution is -2.17. The van der Waals surface area contributed by atoms with Crippen molar-refractivity contribution in [3.05, 3.63) is 29.8 Å². The highest BCUT2D eigenvalue weighted by molar-refractivity contribution is 7.85. The van der Waals surface area contributed by atoms with Crippen molar-refractivity contribution in [3.8, 4) is 5.75 Å². The van der Waals surface area contributed by atoms with Gasteiger partial charge in [-0.1, -0.05) is 76.8 Å². The van der Waals surface area contributed by atoms with E-state index in [0.29, 0.717) is 13.0 Å². The van der Waals surface area contributed by atoms with E-state index in [1.54, 1.807) is 7.11 Å². The average Bonchev–Trinajstić information content (AvgIpc) is 2.69. The van der Waals surface area contributed by atoms with Crippen molar-refractivity contribution in [1.29, 1.82) is 0 Å². The van der Waals surface area contributed by atoms with E-state index in [4.69, 9.17) is 13.7 Å². The number of methoxy groups -OCH3 is 1. The van der Waals surface area contributed by atoms with Crippen molar-refractivity contribution in [2.24, 2.45) is 0 Å². The van der Waals surface area contributed by atoms with Gasteiger partial charge in [0, 0.05) is 0 Å². The summed E-state index contributed by atoms with van der Waals surface area (Å²) in [6, 6.07) is 7.81. The summed E-state index contributed by atoms with van der Waals surface area (Å²) in [5.74, 6) is 0.821. The Morgan fingerprint density at radius 1 is 0.862 bits per heavy atom. The highest BCUT2D eigenvalue weighted by atomic mass is 32.2. The third kappa shape index (κ3) is 14.5. The molecule has 0 aliphatic rings. The molecule has 168 valence electrons. The van der Waals surface area contributed by atoms with Gasteiger partial charge >= 0.3 is 0 Å². The average molecular weight is 429 g/mol. The van der Waals surface area contributed by atoms with Crippen molar-refractivity contribution in [2.45, 2.75) is 90.3 Å². The fourth-order valence-corrected chi connectivity index (χ4v) is 3.66. The highest BCUT2D eigenvalue weighted by Gasteiger charge is 2.12. The summed E-state index contributed by atoms with van der Waals surface area (Å²) >= 11 is 0. The molecule has 1 aromatic carbocycles. The first kappa shape index (κ1) is 25.9. The molecule has 1 aromatic rings. The number of unbranched alkanes of at least 4 members (excludes halogenated alkanes) is 8. The molecule has 0 heterocycles. The molecule has 1 atom stereocenters. The van der Waals surface area contributed by atoms with Crippen LogP contribution in [-0.4, -0.2) is 34.5 Å². The Kier molecular flexibility index (Phi) is 14.0. The summed E-state index contributed by atoms with van der Waals surface area (Å²) in [6.45, 7) is 2.92. The lowest BCUT2D eigenvalue weighted by Gasteiger charge is -2.18. The first-order valence-electron chi connectivity index (χ1n) is 11.0. The lowest BCUT2D eigenvalue weighted by molar-refractivity contribution is 0.0201. The van der Waals surface area contributed by atoms with Crippen LogP contribution in [0.3, 0.4) is 0 Å². The van der Waals surface area contributed by atoms with Crippen molar-refractivity contribution in [3.63, 3.8) is 0 Å². The SMILES string of the molecule is CCCCCCCCCCCC(CCOS(C)(=O)=O)OCc1ccc(OC)cc1. The van der Waals surface area contributed by atoms with Crippen LogP contribution in [0.25, 0.3) is 0 Å². The maximum atomic E-state index is 11.2. The number of ether oxygens (including phenoxy) is 2. The topological polar surface area (TPSA) is 61.8 Å². The van der Waals surface area contributed by atoms with Gasteiger partial charge in [0.1, 0.15) is 5.75 Å². The predicted molar refractivity (Wildman–Crippen MR) is 119 cm³/mol. The molecule has 5 nitrogen and oxygen atoms in total. The van der Waals surface area contributed by atoms with E-state index in [9.17, 15) is 8.42 Å². The van der Waals surface area contributed by atoms with Crippen LogP contribution in [0.15, 0.2) is 24.3 Å². The van der Waals surface area contributed by atoms with E-state index in [2.05, 4.69) is 6.92 Å². The minimum atomic E-state index is -3.41. The summed E-state index contributed by atoms with van der Waals surface area (Å²) in [7, 11) is -1.76. The minimum Gasteiger partial charge on any atom is -0.497 e. The second-order valence-electron chi connectivity index (χ2n) is 7.71. The maximum Gasteiger partial charge on any atom is 0.264 e. The Balaban J connectivity index is 2.32. The Morgan fingerprint density at radius 3 is 2.00 bits per heavy atom. The zero-order valence-corrected chi connectivity index (χ0v) is 19.3. The normalized spacial score (nSPS) is 12.8. The largest absolute Gasteiger partial charge is 0.497 e. The first-order valence-corrected chi connectivity index (χ1v) is 12.8. The third-order valence-electron chi connectivity index (χ3n) is 5.01. The zero-order valence-electron chi connectivity index (χ0n) is 18.5. The first-order chi connectivity index (χ1) is 13.9. The standard InChI is InChI=1S/C23H40O5S/c1-4-5-6-7-8-9-10-11-12-13-23(18-19-28-29(3,24)25)27-20-21-14-16-22(26-2)17-15-21/h14-17,23H,4-13,18-20H2,1-3H3. The van der Waals surface area contributed by atoms with Gasteiger partial charge in [-0.05, 0) is 30.5 Å². The van der Waals surface area contributed by atoms with Gasteiger partial charge in [-0.2, -0.15) is 8.42 Å². The molecule has 6 heteroatoms. The zero-order chi connectivity index (χ0) is 21.4. The summed E-state index contributed by atoms with van der Waals surface area (Å²) < 4.78 is 38.6. The van der Waals surface area contributed by atoms with Crippen LogP contribution >= 0.6 is 0 Å². The quantitative estimate of drug-likeness (QED) is 0.216. The number of rotatable bonds is 18. The van der Waals surface area contributed by atoms with Crippen LogP contribution in [0.4, 0.5) is 0 Å². The summed E-state index contributed by atoms with van der Waals surface area (Å²) in [6.07, 6.45) is 14.1.